The van der Waals surface area contributed by atoms with Crippen molar-refractivity contribution in [2.45, 2.75) is 46.1 Å². The lowest BCUT2D eigenvalue weighted by Gasteiger charge is -2.24. The van der Waals surface area contributed by atoms with E-state index in [1.165, 1.54) is 6.33 Å². The van der Waals surface area contributed by atoms with E-state index in [9.17, 15) is 0 Å². The Morgan fingerprint density at radius 3 is 2.44 bits per heavy atom. The lowest BCUT2D eigenvalue weighted by atomic mass is 10.00. The monoisotopic (exact) mass is 271 g/mol. The van der Waals surface area contributed by atoms with Crippen molar-refractivity contribution in [1.82, 2.24) is 9.97 Å². The van der Waals surface area contributed by atoms with E-state index in [2.05, 4.69) is 43.0 Å². The molecular formula is C13H22ClN3O. The summed E-state index contributed by atoms with van der Waals surface area (Å²) in [6.07, 6.45) is 2.16. The number of rotatable bonds is 6. The summed E-state index contributed by atoms with van der Waals surface area (Å²) < 4.78 is 0. The molecule has 0 fully saturated rings. The van der Waals surface area contributed by atoms with Crippen LogP contribution in [0.4, 0.5) is 5.82 Å². The molecule has 2 N–H and O–H groups in total. The van der Waals surface area contributed by atoms with E-state index >= 15 is 0 Å². The maximum Gasteiger partial charge on any atom is 0.138 e. The highest BCUT2D eigenvalue weighted by atomic mass is 35.5. The largest absolute Gasteiger partial charge is 0.396 e. The zero-order valence-electron chi connectivity index (χ0n) is 11.4. The summed E-state index contributed by atoms with van der Waals surface area (Å²) in [5.41, 5.74) is 0.933. The Kier molecular flexibility index (Phi) is 5.82. The molecule has 0 radical (unpaired) electrons. The van der Waals surface area contributed by atoms with E-state index in [0.29, 0.717) is 17.5 Å². The summed E-state index contributed by atoms with van der Waals surface area (Å²) >= 11 is 6.12. The average molecular weight is 272 g/mol. The zero-order valence-corrected chi connectivity index (χ0v) is 12.2. The first-order valence-electron chi connectivity index (χ1n) is 6.35. The molecule has 0 aliphatic carbocycles. The van der Waals surface area contributed by atoms with E-state index in [1.807, 2.05) is 0 Å². The SMILES string of the molecule is CC(C)c1c(Cl)ncnc1NC(CCO)C(C)C. The van der Waals surface area contributed by atoms with Gasteiger partial charge in [0.15, 0.2) is 0 Å². The molecule has 0 aliphatic rings. The normalized spacial score (nSPS) is 13.1. The molecule has 18 heavy (non-hydrogen) atoms. The third-order valence-corrected chi connectivity index (χ3v) is 3.28. The van der Waals surface area contributed by atoms with Crippen LogP contribution in [0.1, 0.15) is 45.6 Å². The number of nitrogens with one attached hydrogen (secondary N) is 1. The number of hydrogen-bond acceptors (Lipinski definition) is 4. The topological polar surface area (TPSA) is 58.0 Å². The van der Waals surface area contributed by atoms with Crippen LogP contribution < -0.4 is 5.32 Å². The van der Waals surface area contributed by atoms with Gasteiger partial charge in [-0.15, -0.1) is 0 Å². The Bertz CT molecular complexity index is 382. The van der Waals surface area contributed by atoms with E-state index in [-0.39, 0.29) is 18.6 Å². The first kappa shape index (κ1) is 15.2. The fraction of sp³-hybridized carbons (Fsp3) is 0.692. The number of nitrogens with zero attached hydrogens (tertiary/aromatic N) is 2. The van der Waals surface area contributed by atoms with Gasteiger partial charge in [-0.25, -0.2) is 9.97 Å². The predicted octanol–water partition coefficient (Wildman–Crippen LogP) is 3.07. The van der Waals surface area contributed by atoms with Crippen LogP contribution in [-0.4, -0.2) is 27.7 Å². The van der Waals surface area contributed by atoms with E-state index < -0.39 is 0 Å². The Labute approximate surface area is 114 Å². The molecular weight excluding hydrogens is 250 g/mol. The molecule has 1 atom stereocenters. The number of aliphatic hydroxyl groups excluding tert-OH is 1. The smallest absolute Gasteiger partial charge is 0.138 e. The summed E-state index contributed by atoms with van der Waals surface area (Å²) in [6, 6.07) is 0.179. The van der Waals surface area contributed by atoms with E-state index in [0.717, 1.165) is 11.4 Å². The maximum atomic E-state index is 9.10. The van der Waals surface area contributed by atoms with Crippen molar-refractivity contribution >= 4 is 17.4 Å². The minimum Gasteiger partial charge on any atom is -0.396 e. The van der Waals surface area contributed by atoms with Crippen LogP contribution in [0.2, 0.25) is 5.15 Å². The molecule has 0 saturated carbocycles. The van der Waals surface area contributed by atoms with Crippen molar-refractivity contribution in [3.63, 3.8) is 0 Å². The van der Waals surface area contributed by atoms with Crippen LogP contribution in [0.5, 0.6) is 0 Å². The van der Waals surface area contributed by atoms with Crippen molar-refractivity contribution in [2.75, 3.05) is 11.9 Å². The van der Waals surface area contributed by atoms with Gasteiger partial charge in [-0.1, -0.05) is 39.3 Å². The van der Waals surface area contributed by atoms with Crippen molar-refractivity contribution in [3.8, 4) is 0 Å². The second-order valence-electron chi connectivity index (χ2n) is 5.09. The molecule has 4 nitrogen and oxygen atoms in total. The molecule has 1 rings (SSSR count). The van der Waals surface area contributed by atoms with Gasteiger partial charge in [0.1, 0.15) is 17.3 Å². The van der Waals surface area contributed by atoms with Crippen LogP contribution in [0, 0.1) is 5.92 Å². The van der Waals surface area contributed by atoms with Gasteiger partial charge in [-0.05, 0) is 18.3 Å². The Balaban J connectivity index is 2.98. The summed E-state index contributed by atoms with van der Waals surface area (Å²) in [5, 5.41) is 13.0. The second-order valence-corrected chi connectivity index (χ2v) is 5.45. The Hall–Kier alpha value is -0.870. The fourth-order valence-corrected chi connectivity index (χ4v) is 2.24. The highest BCUT2D eigenvalue weighted by molar-refractivity contribution is 6.30. The standard InChI is InChI=1S/C13H22ClN3O/c1-8(2)10(5-6-18)17-13-11(9(3)4)12(14)15-7-16-13/h7-10,18H,5-6H2,1-4H3,(H,15,16,17). The number of aliphatic hydroxyl groups is 1. The third-order valence-electron chi connectivity index (χ3n) is 2.98. The fourth-order valence-electron chi connectivity index (χ4n) is 1.89. The molecule has 0 spiro atoms. The maximum absolute atomic E-state index is 9.10. The van der Waals surface area contributed by atoms with E-state index in [4.69, 9.17) is 16.7 Å². The Morgan fingerprint density at radius 1 is 1.28 bits per heavy atom. The summed E-state index contributed by atoms with van der Waals surface area (Å²) in [6.45, 7) is 8.51. The van der Waals surface area contributed by atoms with Crippen molar-refractivity contribution in [1.29, 1.82) is 0 Å². The van der Waals surface area contributed by atoms with Gasteiger partial charge in [0.25, 0.3) is 0 Å². The second kappa shape index (κ2) is 6.90. The highest BCUT2D eigenvalue weighted by Crippen LogP contribution is 2.29. The Morgan fingerprint density at radius 2 is 1.94 bits per heavy atom. The van der Waals surface area contributed by atoms with Crippen molar-refractivity contribution in [2.24, 2.45) is 5.92 Å². The minimum atomic E-state index is 0.158. The minimum absolute atomic E-state index is 0.158. The van der Waals surface area contributed by atoms with Gasteiger partial charge in [-0.3, -0.25) is 0 Å². The number of hydrogen-bond donors (Lipinski definition) is 2. The number of aromatic nitrogens is 2. The van der Waals surface area contributed by atoms with Gasteiger partial charge in [0.05, 0.1) is 0 Å². The van der Waals surface area contributed by atoms with Crippen LogP contribution in [0.25, 0.3) is 0 Å². The first-order valence-corrected chi connectivity index (χ1v) is 6.73. The number of halogens is 1. The molecule has 0 amide bonds. The molecule has 0 aromatic carbocycles. The van der Waals surface area contributed by atoms with Crippen molar-refractivity contribution < 1.29 is 5.11 Å². The van der Waals surface area contributed by atoms with Gasteiger partial charge in [0.2, 0.25) is 0 Å². The van der Waals surface area contributed by atoms with Crippen LogP contribution in [0.15, 0.2) is 6.33 Å². The molecule has 1 aromatic rings. The van der Waals surface area contributed by atoms with Crippen LogP contribution in [0.3, 0.4) is 0 Å². The zero-order chi connectivity index (χ0) is 13.7. The predicted molar refractivity (Wildman–Crippen MR) is 75.1 cm³/mol. The molecule has 102 valence electrons. The van der Waals surface area contributed by atoms with Crippen LogP contribution >= 0.6 is 11.6 Å². The lowest BCUT2D eigenvalue weighted by molar-refractivity contribution is 0.267. The summed E-state index contributed by atoms with van der Waals surface area (Å²) in [4.78, 5) is 8.30. The molecule has 0 bridgehead atoms. The first-order chi connectivity index (χ1) is 8.47. The van der Waals surface area contributed by atoms with Gasteiger partial charge in [0, 0.05) is 18.2 Å². The molecule has 5 heteroatoms. The number of anilines is 1. The molecule has 1 aromatic heterocycles. The molecule has 0 aliphatic heterocycles. The lowest BCUT2D eigenvalue weighted by Crippen LogP contribution is -2.28. The molecule has 1 unspecified atom stereocenters. The van der Waals surface area contributed by atoms with Crippen LogP contribution in [-0.2, 0) is 0 Å². The average Bonchev–Trinajstić information content (AvgIpc) is 2.27. The van der Waals surface area contributed by atoms with Gasteiger partial charge in [-0.2, -0.15) is 0 Å². The summed E-state index contributed by atoms with van der Waals surface area (Å²) in [7, 11) is 0. The third kappa shape index (κ3) is 3.82. The van der Waals surface area contributed by atoms with Gasteiger partial charge >= 0.3 is 0 Å². The quantitative estimate of drug-likeness (QED) is 0.781. The van der Waals surface area contributed by atoms with Crippen molar-refractivity contribution in [3.05, 3.63) is 17.0 Å². The van der Waals surface area contributed by atoms with E-state index in [1.54, 1.807) is 0 Å². The summed E-state index contributed by atoms with van der Waals surface area (Å²) in [5.74, 6) is 1.44. The molecule has 1 heterocycles. The molecule has 0 saturated heterocycles. The highest BCUT2D eigenvalue weighted by Gasteiger charge is 2.18. The van der Waals surface area contributed by atoms with Gasteiger partial charge < -0.3 is 10.4 Å².